The molecule has 0 amide bonds. The first kappa shape index (κ1) is 16.1. The van der Waals surface area contributed by atoms with Gasteiger partial charge >= 0.3 is 5.97 Å². The zero-order valence-electron chi connectivity index (χ0n) is 11.7. The molecule has 0 aliphatic heterocycles. The lowest BCUT2D eigenvalue weighted by molar-refractivity contribution is -0.142. The van der Waals surface area contributed by atoms with E-state index in [1.54, 1.807) is 18.2 Å². The van der Waals surface area contributed by atoms with Gasteiger partial charge in [-0.3, -0.25) is 0 Å². The van der Waals surface area contributed by atoms with Crippen LogP contribution in [0.1, 0.15) is 0 Å². The summed E-state index contributed by atoms with van der Waals surface area (Å²) in [6.07, 6.45) is 0. The van der Waals surface area contributed by atoms with Crippen molar-refractivity contribution in [2.75, 3.05) is 20.8 Å². The molecule has 0 saturated heterocycles. The molecular weight excluding hydrogens is 278 g/mol. The first-order valence-electron chi connectivity index (χ1n) is 5.77. The molecule has 0 aliphatic rings. The van der Waals surface area contributed by atoms with Gasteiger partial charge in [0.05, 0.1) is 19.9 Å². The normalized spacial score (nSPS) is 10.7. The molecule has 0 spiro atoms. The quantitative estimate of drug-likeness (QED) is 0.375. The summed E-state index contributed by atoms with van der Waals surface area (Å²) in [4.78, 5) is 18.6. The fourth-order valence-corrected chi connectivity index (χ4v) is 1.33. The molecule has 0 unspecified atom stereocenters. The van der Waals surface area contributed by atoms with Crippen molar-refractivity contribution in [3.8, 4) is 11.5 Å². The van der Waals surface area contributed by atoms with E-state index in [1.165, 1.54) is 14.2 Å². The number of hydrogen-bond acceptors (Lipinski definition) is 5. The van der Waals surface area contributed by atoms with Crippen LogP contribution in [0.5, 0.6) is 11.5 Å². The van der Waals surface area contributed by atoms with Gasteiger partial charge in [0, 0.05) is 6.07 Å². The van der Waals surface area contributed by atoms with E-state index in [4.69, 9.17) is 26.7 Å². The Bertz CT molecular complexity index is 567. The van der Waals surface area contributed by atoms with Crippen molar-refractivity contribution in [2.45, 2.75) is 0 Å². The van der Waals surface area contributed by atoms with Gasteiger partial charge in [-0.05, 0) is 12.1 Å². The Morgan fingerprint density at radius 2 is 1.90 bits per heavy atom. The van der Waals surface area contributed by atoms with Crippen molar-refractivity contribution in [1.29, 1.82) is 0 Å². The molecule has 1 aromatic carbocycles. The molecule has 0 saturated carbocycles. The number of methoxy groups -OCH3 is 2. The molecular formula is C12H17N5O4. The minimum absolute atomic E-state index is 0.0970. The second kappa shape index (κ2) is 7.58. The summed E-state index contributed by atoms with van der Waals surface area (Å²) in [5.74, 6) is -0.0578. The second-order valence-corrected chi connectivity index (χ2v) is 3.71. The largest absolute Gasteiger partial charge is 0.493 e. The van der Waals surface area contributed by atoms with E-state index >= 15 is 0 Å². The molecule has 0 heterocycles. The Kier molecular flexibility index (Phi) is 5.80. The van der Waals surface area contributed by atoms with Crippen LogP contribution in [-0.2, 0) is 9.53 Å². The minimum Gasteiger partial charge on any atom is -0.493 e. The predicted molar refractivity (Wildman–Crippen MR) is 77.6 cm³/mol. The van der Waals surface area contributed by atoms with E-state index in [9.17, 15) is 4.79 Å². The van der Waals surface area contributed by atoms with Crippen LogP contribution in [0.25, 0.3) is 0 Å². The highest BCUT2D eigenvalue weighted by Gasteiger charge is 2.08. The fraction of sp³-hybridized carbons (Fsp3) is 0.250. The molecule has 0 radical (unpaired) electrons. The van der Waals surface area contributed by atoms with Crippen molar-refractivity contribution >= 4 is 23.6 Å². The Balaban J connectivity index is 2.93. The summed E-state index contributed by atoms with van der Waals surface area (Å²) < 4.78 is 14.9. The summed E-state index contributed by atoms with van der Waals surface area (Å²) in [5, 5.41) is 0. The molecule has 0 atom stereocenters. The number of aliphatic imine (C=N–C) groups is 2. The number of carbonyl (C=O) groups is 1. The van der Waals surface area contributed by atoms with E-state index in [1.807, 2.05) is 0 Å². The minimum atomic E-state index is -0.504. The first-order valence-corrected chi connectivity index (χ1v) is 5.77. The molecule has 0 fully saturated rings. The summed E-state index contributed by atoms with van der Waals surface area (Å²) in [6, 6.07) is 4.73. The van der Waals surface area contributed by atoms with Crippen molar-refractivity contribution in [3.63, 3.8) is 0 Å². The van der Waals surface area contributed by atoms with Crippen molar-refractivity contribution < 1.29 is 19.0 Å². The van der Waals surface area contributed by atoms with Gasteiger partial charge in [-0.2, -0.15) is 4.99 Å². The molecule has 9 heteroatoms. The Morgan fingerprint density at radius 3 is 2.48 bits per heavy atom. The first-order chi connectivity index (χ1) is 9.96. The Hall–Kier alpha value is -2.97. The van der Waals surface area contributed by atoms with Crippen LogP contribution < -0.4 is 26.7 Å². The van der Waals surface area contributed by atoms with Crippen LogP contribution in [-0.4, -0.2) is 38.7 Å². The average molecular weight is 295 g/mol. The third-order valence-electron chi connectivity index (χ3n) is 2.21. The maximum atomic E-state index is 11.0. The molecule has 1 rings (SSSR count). The van der Waals surface area contributed by atoms with Crippen molar-refractivity contribution in [1.82, 2.24) is 0 Å². The average Bonchev–Trinajstić information content (AvgIpc) is 2.44. The van der Waals surface area contributed by atoms with Gasteiger partial charge in [0.25, 0.3) is 0 Å². The van der Waals surface area contributed by atoms with Gasteiger partial charge in [0.15, 0.2) is 24.1 Å². The molecule has 0 aromatic heterocycles. The number of benzene rings is 1. The number of hydrogen-bond donors (Lipinski definition) is 3. The second-order valence-electron chi connectivity index (χ2n) is 3.71. The van der Waals surface area contributed by atoms with Gasteiger partial charge < -0.3 is 31.4 Å². The van der Waals surface area contributed by atoms with E-state index < -0.39 is 5.97 Å². The molecule has 9 nitrogen and oxygen atoms in total. The van der Waals surface area contributed by atoms with Gasteiger partial charge in [-0.25, -0.2) is 9.79 Å². The molecule has 21 heavy (non-hydrogen) atoms. The van der Waals surface area contributed by atoms with Gasteiger partial charge in [0.2, 0.25) is 5.96 Å². The smallest absolute Gasteiger partial charge is 0.343 e. The van der Waals surface area contributed by atoms with Gasteiger partial charge in [-0.1, -0.05) is 0 Å². The van der Waals surface area contributed by atoms with Crippen LogP contribution in [0, 0.1) is 0 Å². The molecule has 1 aromatic rings. The Morgan fingerprint density at radius 1 is 1.19 bits per heavy atom. The highest BCUT2D eigenvalue weighted by molar-refractivity contribution is 5.93. The summed E-state index contributed by atoms with van der Waals surface area (Å²) in [5.41, 5.74) is 16.4. The SMILES string of the molecule is COC(=O)COc1ccc(N=C(N)N=C(N)N)cc1OC. The topological polar surface area (TPSA) is 148 Å². The number of esters is 1. The zero-order chi connectivity index (χ0) is 15.8. The monoisotopic (exact) mass is 295 g/mol. The summed E-state index contributed by atoms with van der Waals surface area (Å²) in [7, 11) is 2.72. The van der Waals surface area contributed by atoms with Gasteiger partial charge in [-0.15, -0.1) is 0 Å². The number of carbonyl (C=O) groups excluding carboxylic acids is 1. The van der Waals surface area contributed by atoms with Crippen molar-refractivity contribution in [3.05, 3.63) is 18.2 Å². The van der Waals surface area contributed by atoms with E-state index in [0.717, 1.165) is 0 Å². The van der Waals surface area contributed by atoms with Crippen molar-refractivity contribution in [2.24, 2.45) is 27.2 Å². The zero-order valence-corrected chi connectivity index (χ0v) is 11.7. The van der Waals surface area contributed by atoms with Gasteiger partial charge in [0.1, 0.15) is 0 Å². The van der Waals surface area contributed by atoms with E-state index in [-0.39, 0.29) is 18.5 Å². The predicted octanol–water partition coefficient (Wildman–Crippen LogP) is -0.533. The number of ether oxygens (including phenoxy) is 3. The van der Waals surface area contributed by atoms with Crippen LogP contribution in [0.3, 0.4) is 0 Å². The molecule has 6 N–H and O–H groups in total. The van der Waals surface area contributed by atoms with E-state index in [2.05, 4.69) is 14.7 Å². The van der Waals surface area contributed by atoms with Crippen LogP contribution in [0.2, 0.25) is 0 Å². The van der Waals surface area contributed by atoms with Crippen LogP contribution >= 0.6 is 0 Å². The third-order valence-corrected chi connectivity index (χ3v) is 2.21. The molecule has 114 valence electrons. The lowest BCUT2D eigenvalue weighted by Gasteiger charge is -2.10. The van der Waals surface area contributed by atoms with Crippen LogP contribution in [0.15, 0.2) is 28.2 Å². The van der Waals surface area contributed by atoms with E-state index in [0.29, 0.717) is 17.2 Å². The maximum absolute atomic E-state index is 11.0. The Labute approximate surface area is 121 Å². The lowest BCUT2D eigenvalue weighted by atomic mass is 10.3. The summed E-state index contributed by atoms with van der Waals surface area (Å²) >= 11 is 0. The third kappa shape index (κ3) is 5.27. The molecule has 0 bridgehead atoms. The number of guanidine groups is 2. The number of nitrogens with two attached hydrogens (primary N) is 3. The summed E-state index contributed by atoms with van der Waals surface area (Å²) in [6.45, 7) is -0.231. The maximum Gasteiger partial charge on any atom is 0.343 e. The fourth-order valence-electron chi connectivity index (χ4n) is 1.33. The number of nitrogens with zero attached hydrogens (tertiary/aromatic N) is 2. The van der Waals surface area contributed by atoms with Crippen LogP contribution in [0.4, 0.5) is 5.69 Å². The lowest BCUT2D eigenvalue weighted by Crippen LogP contribution is -2.26. The molecule has 0 aliphatic carbocycles. The highest BCUT2D eigenvalue weighted by Crippen LogP contribution is 2.31. The number of rotatable bonds is 5. The highest BCUT2D eigenvalue weighted by atomic mass is 16.6. The standard InChI is InChI=1S/C12H17N5O4/c1-19-9-5-7(16-12(15)17-11(13)14)3-4-8(9)21-6-10(18)20-2/h3-5H,6H2,1-2H3,(H6,13,14,15,16,17).